The van der Waals surface area contributed by atoms with E-state index in [-0.39, 0.29) is 12.5 Å². The lowest BCUT2D eigenvalue weighted by Gasteiger charge is -2.15. The minimum Gasteiger partial charge on any atom is -0.465 e. The van der Waals surface area contributed by atoms with Gasteiger partial charge < -0.3 is 10.1 Å². The van der Waals surface area contributed by atoms with Crippen molar-refractivity contribution in [3.8, 4) is 11.1 Å². The number of benzene rings is 1. The van der Waals surface area contributed by atoms with Gasteiger partial charge in [-0.25, -0.2) is 4.79 Å². The van der Waals surface area contributed by atoms with E-state index < -0.39 is 5.97 Å². The lowest BCUT2D eigenvalue weighted by molar-refractivity contribution is -0.117. The highest BCUT2D eigenvalue weighted by molar-refractivity contribution is 7.15. The number of carbonyl (C=O) groups excluding carboxylic acids is 2. The number of amides is 1. The topological polar surface area (TPSA) is 76.5 Å². The van der Waals surface area contributed by atoms with Gasteiger partial charge in [-0.2, -0.15) is 5.10 Å². The molecule has 0 bridgehead atoms. The number of thiophene rings is 1. The Kier molecular flexibility index (Phi) is 6.46. The number of methoxy groups -OCH3 is 1. The number of hydrogen-bond acceptors (Lipinski definition) is 6. The van der Waals surface area contributed by atoms with Crippen molar-refractivity contribution >= 4 is 28.2 Å². The minimum atomic E-state index is -0.471. The summed E-state index contributed by atoms with van der Waals surface area (Å²) in [6.07, 6.45) is 3.69. The molecule has 0 radical (unpaired) electrons. The molecule has 1 aromatic carbocycles. The monoisotopic (exact) mass is 412 g/mol. The lowest BCUT2D eigenvalue weighted by Crippen LogP contribution is -2.30. The second-order valence-corrected chi connectivity index (χ2v) is 7.83. The Bertz CT molecular complexity index is 1010. The number of esters is 1. The Labute approximate surface area is 173 Å². The molecular weight excluding hydrogens is 388 g/mol. The average molecular weight is 413 g/mol. The first-order valence-electron chi connectivity index (χ1n) is 9.10. The fourth-order valence-electron chi connectivity index (χ4n) is 3.03. The Morgan fingerprint density at radius 1 is 1.28 bits per heavy atom. The molecule has 152 valence electrons. The summed E-state index contributed by atoms with van der Waals surface area (Å²) < 4.78 is 6.69. The Balaban J connectivity index is 1.75. The Hall–Kier alpha value is -2.97. The molecule has 0 aliphatic heterocycles. The molecule has 1 amide bonds. The third kappa shape index (κ3) is 5.10. The zero-order valence-corrected chi connectivity index (χ0v) is 17.7. The molecule has 2 aromatic heterocycles. The first-order chi connectivity index (χ1) is 13.9. The maximum Gasteiger partial charge on any atom is 0.341 e. The molecule has 0 fully saturated rings. The lowest BCUT2D eigenvalue weighted by atomic mass is 10.0. The molecule has 7 nitrogen and oxygen atoms in total. The SMILES string of the molecule is COC(=O)c1c(-c2ccc(C)cc2)csc1NC(=O)CN(C)Cc1cnn(C)c1. The summed E-state index contributed by atoms with van der Waals surface area (Å²) in [7, 11) is 5.05. The van der Waals surface area contributed by atoms with E-state index in [1.165, 1.54) is 18.4 Å². The second-order valence-electron chi connectivity index (χ2n) is 6.95. The number of nitrogens with one attached hydrogen (secondary N) is 1. The van der Waals surface area contributed by atoms with Crippen LogP contribution in [0.25, 0.3) is 11.1 Å². The van der Waals surface area contributed by atoms with Crippen molar-refractivity contribution in [2.75, 3.05) is 26.0 Å². The second kappa shape index (κ2) is 9.02. The number of likely N-dealkylation sites (N-methyl/N-ethyl adjacent to an activating group) is 1. The number of aromatic nitrogens is 2. The Morgan fingerprint density at radius 2 is 2.00 bits per heavy atom. The smallest absolute Gasteiger partial charge is 0.341 e. The van der Waals surface area contributed by atoms with Gasteiger partial charge in [0.25, 0.3) is 0 Å². The fraction of sp³-hybridized carbons (Fsp3) is 0.286. The van der Waals surface area contributed by atoms with Crippen LogP contribution >= 0.6 is 11.3 Å². The number of carbonyl (C=O) groups is 2. The van der Waals surface area contributed by atoms with Gasteiger partial charge >= 0.3 is 5.97 Å². The maximum atomic E-state index is 12.6. The Morgan fingerprint density at radius 3 is 2.62 bits per heavy atom. The van der Waals surface area contributed by atoms with E-state index in [9.17, 15) is 9.59 Å². The summed E-state index contributed by atoms with van der Waals surface area (Å²) in [6.45, 7) is 2.80. The van der Waals surface area contributed by atoms with Crippen LogP contribution < -0.4 is 5.32 Å². The van der Waals surface area contributed by atoms with Crippen LogP contribution in [0.1, 0.15) is 21.5 Å². The van der Waals surface area contributed by atoms with Crippen LogP contribution in [0.2, 0.25) is 0 Å². The van der Waals surface area contributed by atoms with Crippen molar-refractivity contribution in [3.05, 3.63) is 58.7 Å². The van der Waals surface area contributed by atoms with Crippen molar-refractivity contribution in [2.24, 2.45) is 7.05 Å². The molecule has 0 unspecified atom stereocenters. The van der Waals surface area contributed by atoms with Gasteiger partial charge in [-0.3, -0.25) is 14.4 Å². The molecule has 0 saturated heterocycles. The number of aryl methyl sites for hydroxylation is 2. The third-order valence-electron chi connectivity index (χ3n) is 4.42. The first-order valence-corrected chi connectivity index (χ1v) is 9.98. The maximum absolute atomic E-state index is 12.6. The van der Waals surface area contributed by atoms with Crippen LogP contribution in [-0.2, 0) is 23.1 Å². The number of ether oxygens (including phenoxy) is 1. The van der Waals surface area contributed by atoms with Crippen LogP contribution in [0, 0.1) is 6.92 Å². The standard InChI is InChI=1S/C21H24N4O3S/c1-14-5-7-16(8-6-14)17-13-29-20(19(17)21(27)28-4)23-18(26)12-24(2)10-15-9-22-25(3)11-15/h5-9,11,13H,10,12H2,1-4H3,(H,23,26). The molecule has 0 aliphatic carbocycles. The van der Waals surface area contributed by atoms with Crippen LogP contribution in [0.4, 0.5) is 5.00 Å². The molecule has 0 saturated carbocycles. The van der Waals surface area contributed by atoms with Gasteiger partial charge in [-0.05, 0) is 19.5 Å². The van der Waals surface area contributed by atoms with E-state index in [1.807, 2.05) is 61.8 Å². The van der Waals surface area contributed by atoms with Crippen LogP contribution in [0.5, 0.6) is 0 Å². The van der Waals surface area contributed by atoms with E-state index >= 15 is 0 Å². The van der Waals surface area contributed by atoms with Crippen LogP contribution in [-0.4, -0.2) is 47.3 Å². The summed E-state index contributed by atoms with van der Waals surface area (Å²) in [5.74, 6) is -0.667. The van der Waals surface area contributed by atoms with Gasteiger partial charge in [0.1, 0.15) is 10.6 Å². The number of anilines is 1. The van der Waals surface area contributed by atoms with E-state index in [0.717, 1.165) is 22.3 Å². The predicted octanol–water partition coefficient (Wildman–Crippen LogP) is 3.31. The largest absolute Gasteiger partial charge is 0.465 e. The molecular formula is C21H24N4O3S. The van der Waals surface area contributed by atoms with Crippen molar-refractivity contribution in [1.29, 1.82) is 0 Å². The summed E-state index contributed by atoms with van der Waals surface area (Å²) in [5.41, 5.74) is 4.19. The van der Waals surface area contributed by atoms with Crippen LogP contribution in [0.3, 0.4) is 0 Å². The van der Waals surface area contributed by atoms with Gasteiger partial charge in [0, 0.05) is 36.3 Å². The normalized spacial score (nSPS) is 10.9. The molecule has 8 heteroatoms. The quantitative estimate of drug-likeness (QED) is 0.603. The highest BCUT2D eigenvalue weighted by Crippen LogP contribution is 2.36. The number of rotatable bonds is 7. The molecule has 2 heterocycles. The molecule has 0 spiro atoms. The van der Waals surface area contributed by atoms with Crippen LogP contribution in [0.15, 0.2) is 42.0 Å². The molecule has 3 rings (SSSR count). The summed E-state index contributed by atoms with van der Waals surface area (Å²) >= 11 is 1.32. The molecule has 3 aromatic rings. The van der Waals surface area contributed by atoms with E-state index in [2.05, 4.69) is 10.4 Å². The van der Waals surface area contributed by atoms with E-state index in [0.29, 0.717) is 17.1 Å². The average Bonchev–Trinajstić information content (AvgIpc) is 3.27. The first kappa shape index (κ1) is 20.8. The highest BCUT2D eigenvalue weighted by atomic mass is 32.1. The highest BCUT2D eigenvalue weighted by Gasteiger charge is 2.22. The molecule has 29 heavy (non-hydrogen) atoms. The third-order valence-corrected chi connectivity index (χ3v) is 5.32. The van der Waals surface area contributed by atoms with Crippen molar-refractivity contribution in [1.82, 2.24) is 14.7 Å². The minimum absolute atomic E-state index is 0.188. The van der Waals surface area contributed by atoms with Crippen molar-refractivity contribution < 1.29 is 14.3 Å². The number of nitrogens with zero attached hydrogens (tertiary/aromatic N) is 3. The zero-order chi connectivity index (χ0) is 21.0. The summed E-state index contributed by atoms with van der Waals surface area (Å²) in [4.78, 5) is 26.9. The van der Waals surface area contributed by atoms with Gasteiger partial charge in [-0.1, -0.05) is 29.8 Å². The predicted molar refractivity (Wildman–Crippen MR) is 114 cm³/mol. The summed E-state index contributed by atoms with van der Waals surface area (Å²) in [6, 6.07) is 7.88. The molecule has 0 atom stereocenters. The van der Waals surface area contributed by atoms with Crippen molar-refractivity contribution in [2.45, 2.75) is 13.5 Å². The van der Waals surface area contributed by atoms with Gasteiger partial charge in [0.2, 0.25) is 5.91 Å². The molecule has 0 aliphatic rings. The van der Waals surface area contributed by atoms with Crippen molar-refractivity contribution in [3.63, 3.8) is 0 Å². The fourth-order valence-corrected chi connectivity index (χ4v) is 4.01. The number of hydrogen-bond donors (Lipinski definition) is 1. The van der Waals surface area contributed by atoms with E-state index in [1.54, 1.807) is 10.9 Å². The van der Waals surface area contributed by atoms with E-state index in [4.69, 9.17) is 4.74 Å². The zero-order valence-electron chi connectivity index (χ0n) is 16.9. The van der Waals surface area contributed by atoms with Gasteiger partial charge in [0.15, 0.2) is 0 Å². The van der Waals surface area contributed by atoms with Gasteiger partial charge in [0.05, 0.1) is 19.9 Å². The summed E-state index contributed by atoms with van der Waals surface area (Å²) in [5, 5.41) is 9.36. The molecule has 1 N–H and O–H groups in total. The van der Waals surface area contributed by atoms with Gasteiger partial charge in [-0.15, -0.1) is 11.3 Å².